The molecule has 10 heteroatoms. The highest BCUT2D eigenvalue weighted by molar-refractivity contribution is 6.31. The first-order valence-corrected chi connectivity index (χ1v) is 12.5. The number of hydrogen-bond acceptors (Lipinski definition) is 4. The van der Waals surface area contributed by atoms with Gasteiger partial charge in [-0.1, -0.05) is 52.4 Å². The van der Waals surface area contributed by atoms with Crippen LogP contribution in [0.2, 0.25) is 10.0 Å². The van der Waals surface area contributed by atoms with Gasteiger partial charge in [0.2, 0.25) is 11.8 Å². The molecule has 0 aliphatic carbocycles. The lowest BCUT2D eigenvalue weighted by molar-refractivity contribution is -0.131. The van der Waals surface area contributed by atoms with E-state index in [4.69, 9.17) is 39.9 Å². The highest BCUT2D eigenvalue weighted by atomic mass is 35.5. The van der Waals surface area contributed by atoms with Crippen LogP contribution >= 0.6 is 23.2 Å². The maximum absolute atomic E-state index is 14.2. The van der Waals surface area contributed by atoms with Gasteiger partial charge in [-0.15, -0.1) is 6.42 Å². The number of benzene rings is 3. The molecular weight excluding hydrogens is 525 g/mol. The van der Waals surface area contributed by atoms with E-state index < -0.39 is 17.4 Å². The number of piperidine rings is 1. The third-order valence-electron chi connectivity index (χ3n) is 7.00. The Morgan fingerprint density at radius 1 is 1.13 bits per heavy atom. The molecular formula is C28H21Cl2N5O3. The van der Waals surface area contributed by atoms with Crippen molar-refractivity contribution in [2.45, 2.75) is 23.8 Å². The molecule has 2 aliphatic heterocycles. The molecule has 190 valence electrons. The van der Waals surface area contributed by atoms with Gasteiger partial charge in [0.25, 0.3) is 0 Å². The lowest BCUT2D eigenvalue weighted by atomic mass is 9.59. The first-order valence-electron chi connectivity index (χ1n) is 11.8. The molecule has 5 rings (SSSR count). The summed E-state index contributed by atoms with van der Waals surface area (Å²) >= 11 is 12.6. The Hall–Kier alpha value is -4.15. The minimum absolute atomic E-state index is 0.0498. The summed E-state index contributed by atoms with van der Waals surface area (Å²) in [5.74, 6) is 1.91. The van der Waals surface area contributed by atoms with E-state index in [0.717, 1.165) is 5.56 Å². The molecule has 0 unspecified atom stereocenters. The van der Waals surface area contributed by atoms with Crippen LogP contribution in [-0.4, -0.2) is 25.0 Å². The van der Waals surface area contributed by atoms with Crippen LogP contribution in [0.3, 0.4) is 0 Å². The van der Waals surface area contributed by atoms with Crippen LogP contribution in [-0.2, 0) is 15.0 Å². The quantitative estimate of drug-likeness (QED) is 0.132. The van der Waals surface area contributed by atoms with E-state index in [1.54, 1.807) is 48.5 Å². The number of rotatable bonds is 6. The van der Waals surface area contributed by atoms with Crippen molar-refractivity contribution in [3.63, 3.8) is 0 Å². The van der Waals surface area contributed by atoms with Gasteiger partial charge in [0, 0.05) is 44.1 Å². The molecule has 1 spiro atoms. The van der Waals surface area contributed by atoms with Crippen molar-refractivity contribution in [1.29, 1.82) is 0 Å². The number of azide groups is 1. The number of ether oxygens (including phenoxy) is 1. The fraction of sp³-hybridized carbons (Fsp3) is 0.214. The smallest absolute Gasteiger partial charge is 0.238 e. The molecule has 2 heterocycles. The molecule has 2 amide bonds. The Balaban J connectivity index is 1.77. The van der Waals surface area contributed by atoms with Gasteiger partial charge in [-0.3, -0.25) is 9.59 Å². The van der Waals surface area contributed by atoms with Gasteiger partial charge in [-0.05, 0) is 59.1 Å². The van der Waals surface area contributed by atoms with Gasteiger partial charge in [-0.25, -0.2) is 0 Å². The van der Waals surface area contributed by atoms with Crippen molar-refractivity contribution in [2.24, 2.45) is 5.11 Å². The number of fused-ring (bicyclic) bond motifs is 2. The molecule has 38 heavy (non-hydrogen) atoms. The maximum atomic E-state index is 14.2. The molecule has 0 saturated carbocycles. The van der Waals surface area contributed by atoms with E-state index in [2.05, 4.69) is 26.6 Å². The van der Waals surface area contributed by atoms with Crippen LogP contribution in [0.4, 0.5) is 5.69 Å². The van der Waals surface area contributed by atoms with Crippen LogP contribution in [0, 0.1) is 12.3 Å². The van der Waals surface area contributed by atoms with Crippen molar-refractivity contribution >= 4 is 40.7 Å². The Kier molecular flexibility index (Phi) is 6.92. The number of amides is 2. The summed E-state index contributed by atoms with van der Waals surface area (Å²) in [5.41, 5.74) is 10.4. The Labute approximate surface area is 228 Å². The lowest BCUT2D eigenvalue weighted by Gasteiger charge is -2.46. The van der Waals surface area contributed by atoms with Gasteiger partial charge in [0.1, 0.15) is 11.2 Å². The van der Waals surface area contributed by atoms with Crippen LogP contribution in [0.25, 0.3) is 10.4 Å². The third kappa shape index (κ3) is 4.31. The highest BCUT2D eigenvalue weighted by Crippen LogP contribution is 2.58. The van der Waals surface area contributed by atoms with E-state index in [1.165, 1.54) is 0 Å². The number of nitrogens with zero attached hydrogens (tertiary/aromatic N) is 3. The van der Waals surface area contributed by atoms with Gasteiger partial charge >= 0.3 is 0 Å². The third-order valence-corrected chi connectivity index (χ3v) is 7.47. The van der Waals surface area contributed by atoms with E-state index in [-0.39, 0.29) is 31.4 Å². The number of halogens is 2. The van der Waals surface area contributed by atoms with Crippen molar-refractivity contribution in [3.05, 3.63) is 103 Å². The molecule has 2 aliphatic rings. The summed E-state index contributed by atoms with van der Waals surface area (Å²) in [6.45, 7) is 0.193. The van der Waals surface area contributed by atoms with Gasteiger partial charge in [0.15, 0.2) is 0 Å². The molecule has 3 aromatic rings. The minimum Gasteiger partial charge on any atom is -0.493 e. The second kappa shape index (κ2) is 10.3. The number of anilines is 1. The molecule has 3 aromatic carbocycles. The summed E-state index contributed by atoms with van der Waals surface area (Å²) in [4.78, 5) is 30.2. The van der Waals surface area contributed by atoms with E-state index in [0.29, 0.717) is 38.2 Å². The molecule has 1 saturated heterocycles. The summed E-state index contributed by atoms with van der Waals surface area (Å²) in [6, 6.07) is 16.7. The first kappa shape index (κ1) is 25.5. The van der Waals surface area contributed by atoms with Crippen molar-refractivity contribution in [2.75, 3.05) is 18.5 Å². The molecule has 0 bridgehead atoms. The largest absolute Gasteiger partial charge is 0.493 e. The standard InChI is InChI=1S/C28H21Cl2N5O3/c1-2-16-6-9-24(38-11-10-32-35-31)20(12-16)26-28(21-8-7-19(30)14-23(21)33-27(28)37)22(15-25(36)34-26)17-4-3-5-18(29)13-17/h1,3-9,12-14,22,26H,10-11,15H2,(H,33,37)(H,34,36)/t22-,26+,28-/m0/s1. The average Bonchev–Trinajstić information content (AvgIpc) is 3.18. The Bertz CT molecular complexity index is 1550. The average molecular weight is 546 g/mol. The molecule has 8 nitrogen and oxygen atoms in total. The summed E-state index contributed by atoms with van der Waals surface area (Å²) in [5, 5.41) is 10.5. The minimum atomic E-state index is -1.28. The number of terminal acetylenes is 1. The number of hydrogen-bond donors (Lipinski definition) is 2. The fourth-order valence-electron chi connectivity index (χ4n) is 5.51. The molecule has 0 radical (unpaired) electrons. The second-order valence-corrected chi connectivity index (χ2v) is 9.90. The van der Waals surface area contributed by atoms with Gasteiger partial charge < -0.3 is 15.4 Å². The molecule has 3 atom stereocenters. The second-order valence-electron chi connectivity index (χ2n) is 9.03. The zero-order chi connectivity index (χ0) is 26.9. The van der Waals surface area contributed by atoms with Crippen LogP contribution < -0.4 is 15.4 Å². The van der Waals surface area contributed by atoms with Crippen molar-refractivity contribution in [3.8, 4) is 18.1 Å². The predicted molar refractivity (Wildman–Crippen MR) is 145 cm³/mol. The van der Waals surface area contributed by atoms with Crippen LogP contribution in [0.1, 0.15) is 40.6 Å². The van der Waals surface area contributed by atoms with Crippen LogP contribution in [0.5, 0.6) is 5.75 Å². The number of carbonyl (C=O) groups excluding carboxylic acids is 2. The summed E-state index contributed by atoms with van der Waals surface area (Å²) in [6.07, 6.45) is 5.77. The molecule has 0 aromatic heterocycles. The highest BCUT2D eigenvalue weighted by Gasteiger charge is 2.61. The Morgan fingerprint density at radius 3 is 2.71 bits per heavy atom. The van der Waals surface area contributed by atoms with Crippen molar-refractivity contribution in [1.82, 2.24) is 5.32 Å². The summed E-state index contributed by atoms with van der Waals surface area (Å²) in [7, 11) is 0. The monoisotopic (exact) mass is 545 g/mol. The van der Waals surface area contributed by atoms with Gasteiger partial charge in [0.05, 0.1) is 19.2 Å². The zero-order valence-electron chi connectivity index (χ0n) is 19.9. The summed E-state index contributed by atoms with van der Waals surface area (Å²) < 4.78 is 5.97. The lowest BCUT2D eigenvalue weighted by Crippen LogP contribution is -2.57. The van der Waals surface area contributed by atoms with E-state index in [1.807, 2.05) is 12.1 Å². The fourth-order valence-corrected chi connectivity index (χ4v) is 5.88. The Morgan fingerprint density at radius 2 is 1.95 bits per heavy atom. The predicted octanol–water partition coefficient (Wildman–Crippen LogP) is 5.90. The molecule has 1 fully saturated rings. The van der Waals surface area contributed by atoms with E-state index in [9.17, 15) is 9.59 Å². The zero-order valence-corrected chi connectivity index (χ0v) is 21.5. The molecule has 2 N–H and O–H groups in total. The number of nitrogens with one attached hydrogen (secondary N) is 2. The maximum Gasteiger partial charge on any atom is 0.238 e. The topological polar surface area (TPSA) is 116 Å². The SMILES string of the molecule is C#Cc1ccc(OCCN=[N+]=[N-])c([C@H]2NC(=O)C[C@@H](c3cccc(Cl)c3)[C@]23C(=O)Nc2cc(Cl)ccc23)c1. The number of carbonyl (C=O) groups is 2. The van der Waals surface area contributed by atoms with E-state index >= 15 is 0 Å². The first-order chi connectivity index (χ1) is 18.4. The van der Waals surface area contributed by atoms with Crippen molar-refractivity contribution < 1.29 is 14.3 Å². The normalized spacial score (nSPS) is 21.6. The van der Waals surface area contributed by atoms with Crippen LogP contribution in [0.15, 0.2) is 65.8 Å². The van der Waals surface area contributed by atoms with Gasteiger partial charge in [-0.2, -0.15) is 0 Å².